The van der Waals surface area contributed by atoms with Crippen LogP contribution in [0.3, 0.4) is 0 Å². The van der Waals surface area contributed by atoms with Gasteiger partial charge in [-0.25, -0.2) is 4.98 Å². The number of likely N-dealkylation sites (tertiary alicyclic amines) is 1. The summed E-state index contributed by atoms with van der Waals surface area (Å²) in [6, 6.07) is 7.71. The minimum Gasteiger partial charge on any atom is -0.368 e. The average molecular weight is 352 g/mol. The summed E-state index contributed by atoms with van der Waals surface area (Å²) >= 11 is 0. The second kappa shape index (κ2) is 8.16. The molecule has 2 fully saturated rings. The van der Waals surface area contributed by atoms with Crippen molar-refractivity contribution in [1.82, 2.24) is 15.2 Å². The lowest BCUT2D eigenvalue weighted by molar-refractivity contribution is -0.124. The van der Waals surface area contributed by atoms with E-state index in [1.165, 1.54) is 6.20 Å². The van der Waals surface area contributed by atoms with Gasteiger partial charge in [-0.1, -0.05) is 12.8 Å². The highest BCUT2D eigenvalue weighted by Gasteiger charge is 2.36. The Bertz CT molecular complexity index is 711. The number of hydrogen-bond donors (Lipinski definition) is 2. The van der Waals surface area contributed by atoms with Gasteiger partial charge in [0.15, 0.2) is 0 Å². The van der Waals surface area contributed by atoms with Crippen LogP contribution in [0.25, 0.3) is 0 Å². The first-order valence-corrected chi connectivity index (χ1v) is 9.19. The number of aromatic nitrogens is 1. The fraction of sp³-hybridized carbons (Fsp3) is 0.579. The lowest BCUT2D eigenvalue weighted by atomic mass is 9.97. The number of nitrogens with zero attached hydrogens (tertiary/aromatic N) is 4. The molecule has 0 radical (unpaired) electrons. The molecule has 1 unspecified atom stereocenters. The number of nitriles is 2. The highest BCUT2D eigenvalue weighted by molar-refractivity contribution is 5.79. The number of hydrogen-bond acceptors (Lipinski definition) is 6. The molecule has 1 atom stereocenters. The SMILES string of the molecule is N#Cc1ccc(NCC2(NC(=O)CN3CCCC3C#N)CCCC2)nc1. The molecule has 7 heteroatoms. The van der Waals surface area contributed by atoms with Crippen LogP contribution in [0.4, 0.5) is 5.82 Å². The largest absolute Gasteiger partial charge is 0.368 e. The van der Waals surface area contributed by atoms with Crippen LogP contribution in [0.2, 0.25) is 0 Å². The van der Waals surface area contributed by atoms with Crippen LogP contribution in [-0.2, 0) is 4.79 Å². The second-order valence-electron chi connectivity index (χ2n) is 7.19. The lowest BCUT2D eigenvalue weighted by Gasteiger charge is -2.32. The van der Waals surface area contributed by atoms with Gasteiger partial charge in [0.25, 0.3) is 0 Å². The van der Waals surface area contributed by atoms with E-state index in [2.05, 4.69) is 27.8 Å². The lowest BCUT2D eigenvalue weighted by Crippen LogP contribution is -2.54. The summed E-state index contributed by atoms with van der Waals surface area (Å²) in [5.41, 5.74) is 0.256. The zero-order valence-electron chi connectivity index (χ0n) is 14.9. The monoisotopic (exact) mass is 352 g/mol. The predicted octanol–water partition coefficient (Wildman–Crippen LogP) is 1.78. The summed E-state index contributed by atoms with van der Waals surface area (Å²) in [6.07, 6.45) is 7.41. The fourth-order valence-electron chi connectivity index (χ4n) is 3.90. The zero-order chi connectivity index (χ0) is 18.4. The molecular weight excluding hydrogens is 328 g/mol. The molecule has 1 saturated carbocycles. The van der Waals surface area contributed by atoms with Crippen LogP contribution < -0.4 is 10.6 Å². The minimum absolute atomic E-state index is 0.0105. The fourth-order valence-corrected chi connectivity index (χ4v) is 3.90. The van der Waals surface area contributed by atoms with Gasteiger partial charge in [0.05, 0.1) is 29.8 Å². The van der Waals surface area contributed by atoms with E-state index in [4.69, 9.17) is 5.26 Å². The van der Waals surface area contributed by atoms with Gasteiger partial charge >= 0.3 is 0 Å². The molecule has 0 spiro atoms. The summed E-state index contributed by atoms with van der Waals surface area (Å²) in [6.45, 7) is 1.71. The van der Waals surface area contributed by atoms with Crippen molar-refractivity contribution in [2.75, 3.05) is 25.0 Å². The van der Waals surface area contributed by atoms with Crippen LogP contribution in [-0.4, -0.2) is 47.0 Å². The second-order valence-corrected chi connectivity index (χ2v) is 7.19. The topological polar surface area (TPSA) is 105 Å². The molecule has 2 heterocycles. The van der Waals surface area contributed by atoms with E-state index < -0.39 is 0 Å². The van der Waals surface area contributed by atoms with Crippen LogP contribution >= 0.6 is 0 Å². The Morgan fingerprint density at radius 2 is 2.12 bits per heavy atom. The Kier molecular flexibility index (Phi) is 5.70. The van der Waals surface area contributed by atoms with Gasteiger partial charge in [0.2, 0.25) is 5.91 Å². The van der Waals surface area contributed by atoms with Crippen molar-refractivity contribution in [3.63, 3.8) is 0 Å². The highest BCUT2D eigenvalue weighted by atomic mass is 16.2. The number of amides is 1. The molecule has 1 amide bonds. The maximum atomic E-state index is 12.6. The highest BCUT2D eigenvalue weighted by Crippen LogP contribution is 2.30. The molecule has 136 valence electrons. The Morgan fingerprint density at radius 1 is 1.31 bits per heavy atom. The third kappa shape index (κ3) is 4.30. The molecule has 0 aromatic carbocycles. The van der Waals surface area contributed by atoms with Crippen molar-refractivity contribution in [2.45, 2.75) is 50.1 Å². The zero-order valence-corrected chi connectivity index (χ0v) is 14.9. The van der Waals surface area contributed by atoms with Gasteiger partial charge in [0.1, 0.15) is 11.9 Å². The number of carbonyl (C=O) groups excluding carboxylic acids is 1. The number of carbonyl (C=O) groups is 1. The molecule has 1 aromatic rings. The summed E-state index contributed by atoms with van der Waals surface area (Å²) in [7, 11) is 0. The van der Waals surface area contributed by atoms with Crippen molar-refractivity contribution in [2.24, 2.45) is 0 Å². The van der Waals surface area contributed by atoms with Crippen LogP contribution in [0, 0.1) is 22.7 Å². The summed E-state index contributed by atoms with van der Waals surface area (Å²) in [5.74, 6) is 0.692. The average Bonchev–Trinajstić information content (AvgIpc) is 3.30. The van der Waals surface area contributed by atoms with Crippen molar-refractivity contribution in [3.05, 3.63) is 23.9 Å². The van der Waals surface area contributed by atoms with E-state index in [1.807, 2.05) is 4.90 Å². The maximum Gasteiger partial charge on any atom is 0.234 e. The van der Waals surface area contributed by atoms with E-state index in [-0.39, 0.29) is 24.0 Å². The van der Waals surface area contributed by atoms with Gasteiger partial charge in [-0.05, 0) is 37.8 Å². The first-order chi connectivity index (χ1) is 12.6. The molecule has 1 aliphatic heterocycles. The molecule has 3 rings (SSSR count). The smallest absolute Gasteiger partial charge is 0.234 e. The van der Waals surface area contributed by atoms with Gasteiger partial charge in [-0.3, -0.25) is 9.69 Å². The molecule has 26 heavy (non-hydrogen) atoms. The van der Waals surface area contributed by atoms with Gasteiger partial charge in [-0.15, -0.1) is 0 Å². The Morgan fingerprint density at radius 3 is 2.77 bits per heavy atom. The Labute approximate surface area is 154 Å². The molecular formula is C19H24N6O. The summed E-state index contributed by atoms with van der Waals surface area (Å²) in [5, 5.41) is 24.5. The number of pyridine rings is 1. The van der Waals surface area contributed by atoms with Gasteiger partial charge in [0, 0.05) is 19.3 Å². The predicted molar refractivity (Wildman–Crippen MR) is 97.0 cm³/mol. The third-order valence-electron chi connectivity index (χ3n) is 5.33. The van der Waals surface area contributed by atoms with Gasteiger partial charge in [-0.2, -0.15) is 10.5 Å². The number of nitrogens with one attached hydrogen (secondary N) is 2. The van der Waals surface area contributed by atoms with E-state index in [9.17, 15) is 10.1 Å². The van der Waals surface area contributed by atoms with Crippen molar-refractivity contribution < 1.29 is 4.79 Å². The Hall–Kier alpha value is -2.64. The van der Waals surface area contributed by atoms with Crippen LogP contribution in [0.1, 0.15) is 44.1 Å². The van der Waals surface area contributed by atoms with Crippen molar-refractivity contribution in [1.29, 1.82) is 10.5 Å². The van der Waals surface area contributed by atoms with E-state index in [1.54, 1.807) is 12.1 Å². The molecule has 1 aliphatic carbocycles. The molecule has 2 aliphatic rings. The third-order valence-corrected chi connectivity index (χ3v) is 5.33. The maximum absolute atomic E-state index is 12.6. The Balaban J connectivity index is 1.57. The molecule has 1 aromatic heterocycles. The van der Waals surface area contributed by atoms with Crippen molar-refractivity contribution in [3.8, 4) is 12.1 Å². The molecule has 7 nitrogen and oxygen atoms in total. The molecule has 1 saturated heterocycles. The summed E-state index contributed by atoms with van der Waals surface area (Å²) in [4.78, 5) is 18.8. The quantitative estimate of drug-likeness (QED) is 0.808. The van der Waals surface area contributed by atoms with Crippen molar-refractivity contribution >= 4 is 11.7 Å². The number of rotatable bonds is 6. The van der Waals surface area contributed by atoms with Crippen LogP contribution in [0.15, 0.2) is 18.3 Å². The van der Waals surface area contributed by atoms with E-state index >= 15 is 0 Å². The number of anilines is 1. The van der Waals surface area contributed by atoms with Gasteiger partial charge < -0.3 is 10.6 Å². The standard InChI is InChI=1S/C19H24N6O/c20-10-15-5-6-17(22-12-15)23-14-19(7-1-2-8-19)24-18(26)13-25-9-3-4-16(25)11-21/h5-6,12,16H,1-4,7-9,13-14H2,(H,22,23)(H,24,26). The van der Waals surface area contributed by atoms with E-state index in [0.717, 1.165) is 45.1 Å². The normalized spacial score (nSPS) is 21.7. The van der Waals surface area contributed by atoms with E-state index in [0.29, 0.717) is 17.9 Å². The van der Waals surface area contributed by atoms with Crippen LogP contribution in [0.5, 0.6) is 0 Å². The first-order valence-electron chi connectivity index (χ1n) is 9.19. The molecule has 0 bridgehead atoms. The summed E-state index contributed by atoms with van der Waals surface area (Å²) < 4.78 is 0. The minimum atomic E-state index is -0.269. The molecule has 2 N–H and O–H groups in total. The first kappa shape index (κ1) is 18.2.